The summed E-state index contributed by atoms with van der Waals surface area (Å²) >= 11 is 1.51. The van der Waals surface area contributed by atoms with Crippen LogP contribution in [0.2, 0.25) is 0 Å². The quantitative estimate of drug-likeness (QED) is 0.727. The number of benzene rings is 2. The third kappa shape index (κ3) is 2.82. The maximum absolute atomic E-state index is 12.8. The maximum Gasteiger partial charge on any atom is 0.261 e. The summed E-state index contributed by atoms with van der Waals surface area (Å²) in [4.78, 5) is 14.6. The van der Waals surface area contributed by atoms with E-state index in [0.717, 1.165) is 33.1 Å². The van der Waals surface area contributed by atoms with Crippen molar-refractivity contribution in [3.05, 3.63) is 64.5 Å². The first-order chi connectivity index (χ1) is 13.2. The van der Waals surface area contributed by atoms with Gasteiger partial charge in [0.25, 0.3) is 5.91 Å². The fourth-order valence-corrected chi connectivity index (χ4v) is 4.45. The van der Waals surface area contributed by atoms with Gasteiger partial charge in [0.1, 0.15) is 12.4 Å². The molecule has 0 radical (unpaired) electrons. The fraction of sp³-hybridized carbons (Fsp3) is 0.190. The molecule has 1 aromatic heterocycles. The van der Waals surface area contributed by atoms with Crippen molar-refractivity contribution >= 4 is 17.2 Å². The van der Waals surface area contributed by atoms with Gasteiger partial charge in [-0.2, -0.15) is 0 Å². The molecule has 0 spiro atoms. The molecular formula is C21H17NO4S. The van der Waals surface area contributed by atoms with Gasteiger partial charge in [-0.1, -0.05) is 18.2 Å². The lowest BCUT2D eigenvalue weighted by Gasteiger charge is -2.16. The van der Waals surface area contributed by atoms with E-state index in [1.807, 2.05) is 55.5 Å². The Labute approximate surface area is 160 Å². The Hall–Kier alpha value is -2.99. The lowest BCUT2D eigenvalue weighted by molar-refractivity contribution is 0.0944. The monoisotopic (exact) mass is 379 g/mol. The summed E-state index contributed by atoms with van der Waals surface area (Å²) in [6.45, 7) is 2.69. The highest BCUT2D eigenvalue weighted by Crippen LogP contribution is 2.42. The summed E-state index contributed by atoms with van der Waals surface area (Å²) in [5.41, 5.74) is 3.08. The predicted octanol–water partition coefficient (Wildman–Crippen LogP) is 4.53. The van der Waals surface area contributed by atoms with Crippen LogP contribution in [0.5, 0.6) is 17.2 Å². The van der Waals surface area contributed by atoms with Crippen LogP contribution in [0.25, 0.3) is 10.4 Å². The number of hydrogen-bond donors (Lipinski definition) is 1. The third-order valence-corrected chi connectivity index (χ3v) is 6.00. The minimum Gasteiger partial charge on any atom is -0.488 e. The van der Waals surface area contributed by atoms with Crippen LogP contribution < -0.4 is 19.5 Å². The molecule has 3 heterocycles. The van der Waals surface area contributed by atoms with E-state index in [4.69, 9.17) is 14.2 Å². The SMILES string of the molecule is C[C@@H](NC(=O)c1cc2c(s1)-c1ccccc1OC2)c1ccc2c(c1)OCO2. The van der Waals surface area contributed by atoms with Gasteiger partial charge in [0.05, 0.1) is 10.9 Å². The van der Waals surface area contributed by atoms with E-state index in [9.17, 15) is 4.79 Å². The molecule has 2 aliphatic rings. The van der Waals surface area contributed by atoms with Crippen LogP contribution >= 0.6 is 11.3 Å². The van der Waals surface area contributed by atoms with Gasteiger partial charge in [-0.3, -0.25) is 4.79 Å². The number of rotatable bonds is 3. The molecule has 136 valence electrons. The zero-order valence-electron chi connectivity index (χ0n) is 14.7. The summed E-state index contributed by atoms with van der Waals surface area (Å²) in [7, 11) is 0. The molecule has 0 fully saturated rings. The molecule has 1 amide bonds. The molecule has 0 unspecified atom stereocenters. The molecule has 2 aliphatic heterocycles. The second kappa shape index (κ2) is 6.32. The molecule has 3 aromatic rings. The van der Waals surface area contributed by atoms with Gasteiger partial charge in [-0.15, -0.1) is 11.3 Å². The average Bonchev–Trinajstić information content (AvgIpc) is 3.34. The maximum atomic E-state index is 12.8. The molecule has 1 atom stereocenters. The molecule has 0 aliphatic carbocycles. The predicted molar refractivity (Wildman–Crippen MR) is 103 cm³/mol. The van der Waals surface area contributed by atoms with Crippen molar-refractivity contribution in [2.24, 2.45) is 0 Å². The third-order valence-electron chi connectivity index (χ3n) is 4.79. The number of ether oxygens (including phenoxy) is 3. The van der Waals surface area contributed by atoms with Crippen LogP contribution in [0.15, 0.2) is 48.5 Å². The molecule has 0 saturated carbocycles. The van der Waals surface area contributed by atoms with Gasteiger partial charge in [-0.05, 0) is 42.8 Å². The number of para-hydroxylation sites is 1. The summed E-state index contributed by atoms with van der Waals surface area (Å²) in [5.74, 6) is 2.24. The van der Waals surface area contributed by atoms with E-state index in [1.54, 1.807) is 0 Å². The van der Waals surface area contributed by atoms with E-state index in [2.05, 4.69) is 5.32 Å². The lowest BCUT2D eigenvalue weighted by Crippen LogP contribution is -2.25. The lowest BCUT2D eigenvalue weighted by atomic mass is 10.1. The minimum atomic E-state index is -0.144. The van der Waals surface area contributed by atoms with E-state index >= 15 is 0 Å². The minimum absolute atomic E-state index is 0.0861. The Morgan fingerprint density at radius 3 is 2.81 bits per heavy atom. The Morgan fingerprint density at radius 2 is 1.89 bits per heavy atom. The molecule has 0 saturated heterocycles. The van der Waals surface area contributed by atoms with Crippen molar-refractivity contribution < 1.29 is 19.0 Å². The van der Waals surface area contributed by atoms with Crippen molar-refractivity contribution in [3.63, 3.8) is 0 Å². The zero-order valence-corrected chi connectivity index (χ0v) is 15.5. The van der Waals surface area contributed by atoms with E-state index in [1.165, 1.54) is 11.3 Å². The smallest absolute Gasteiger partial charge is 0.261 e. The first kappa shape index (κ1) is 16.2. The van der Waals surface area contributed by atoms with Gasteiger partial charge < -0.3 is 19.5 Å². The Bertz CT molecular complexity index is 1040. The van der Waals surface area contributed by atoms with Crippen molar-refractivity contribution in [2.75, 3.05) is 6.79 Å². The summed E-state index contributed by atoms with van der Waals surface area (Å²) in [6.07, 6.45) is 0. The molecule has 6 heteroatoms. The van der Waals surface area contributed by atoms with Crippen molar-refractivity contribution in [3.8, 4) is 27.7 Å². The number of fused-ring (bicyclic) bond motifs is 4. The molecule has 5 rings (SSSR count). The topological polar surface area (TPSA) is 56.8 Å². The van der Waals surface area contributed by atoms with Crippen molar-refractivity contribution in [1.82, 2.24) is 5.32 Å². The molecule has 1 N–H and O–H groups in total. The van der Waals surface area contributed by atoms with Gasteiger partial charge in [0.15, 0.2) is 11.5 Å². The highest BCUT2D eigenvalue weighted by atomic mass is 32.1. The average molecular weight is 379 g/mol. The van der Waals surface area contributed by atoms with Crippen LogP contribution in [-0.2, 0) is 6.61 Å². The molecule has 2 aromatic carbocycles. The van der Waals surface area contributed by atoms with Gasteiger partial charge in [0.2, 0.25) is 6.79 Å². The van der Waals surface area contributed by atoms with Crippen LogP contribution in [0.4, 0.5) is 0 Å². The van der Waals surface area contributed by atoms with Gasteiger partial charge >= 0.3 is 0 Å². The Morgan fingerprint density at radius 1 is 1.04 bits per heavy atom. The first-order valence-electron chi connectivity index (χ1n) is 8.74. The van der Waals surface area contributed by atoms with Crippen molar-refractivity contribution in [1.29, 1.82) is 0 Å². The number of amides is 1. The molecule has 0 bridgehead atoms. The second-order valence-electron chi connectivity index (χ2n) is 6.56. The van der Waals surface area contributed by atoms with Gasteiger partial charge in [0, 0.05) is 16.0 Å². The Kier molecular flexibility index (Phi) is 3.79. The zero-order chi connectivity index (χ0) is 18.4. The molecule has 5 nitrogen and oxygen atoms in total. The second-order valence-corrected chi connectivity index (χ2v) is 7.61. The summed E-state index contributed by atoms with van der Waals surface area (Å²) in [6, 6.07) is 15.4. The largest absolute Gasteiger partial charge is 0.488 e. The van der Waals surface area contributed by atoms with Crippen LogP contribution in [0, 0.1) is 0 Å². The normalized spacial score (nSPS) is 14.7. The highest BCUT2D eigenvalue weighted by molar-refractivity contribution is 7.17. The first-order valence-corrected chi connectivity index (χ1v) is 9.56. The van der Waals surface area contributed by atoms with Crippen LogP contribution in [-0.4, -0.2) is 12.7 Å². The number of carbonyl (C=O) groups excluding carboxylic acids is 1. The van der Waals surface area contributed by atoms with Gasteiger partial charge in [-0.25, -0.2) is 0 Å². The number of hydrogen-bond acceptors (Lipinski definition) is 5. The summed E-state index contributed by atoms with van der Waals surface area (Å²) < 4.78 is 16.5. The number of carbonyl (C=O) groups is 1. The number of thiophene rings is 1. The number of nitrogens with one attached hydrogen (secondary N) is 1. The summed E-state index contributed by atoms with van der Waals surface area (Å²) in [5, 5.41) is 3.07. The standard InChI is InChI=1S/C21H17NO4S/c1-12(13-6-7-17-18(8-13)26-11-25-17)22-21(23)19-9-14-10-24-16-5-3-2-4-15(16)20(14)27-19/h2-9,12H,10-11H2,1H3,(H,22,23)/t12-/m1/s1. The molecule has 27 heavy (non-hydrogen) atoms. The van der Waals surface area contributed by atoms with Crippen LogP contribution in [0.1, 0.15) is 33.8 Å². The van der Waals surface area contributed by atoms with E-state index in [-0.39, 0.29) is 18.7 Å². The highest BCUT2D eigenvalue weighted by Gasteiger charge is 2.23. The van der Waals surface area contributed by atoms with E-state index < -0.39 is 0 Å². The fourth-order valence-electron chi connectivity index (χ4n) is 3.34. The van der Waals surface area contributed by atoms with Crippen molar-refractivity contribution in [2.45, 2.75) is 19.6 Å². The van der Waals surface area contributed by atoms with Crippen LogP contribution in [0.3, 0.4) is 0 Å². The van der Waals surface area contributed by atoms with E-state index in [0.29, 0.717) is 17.2 Å². The Balaban J connectivity index is 1.37. The molecular weight excluding hydrogens is 362 g/mol.